The first-order chi connectivity index (χ1) is 15.1. The van der Waals surface area contributed by atoms with Crippen molar-refractivity contribution in [1.82, 2.24) is 30.8 Å². The standard InChI is InChI=1S/C23H28N6O2/c1-3-4-10-22(31)29(14-13-24-17(2)30)16-18-11-12-20(19-8-6-5-7-9-19)21(15-18)23-25-27-28-26-23/h5-9,11-12,15H,3-4,10,13-14,16H2,1-2H3,(H,24,30)(H,25,26,27,28). The SMILES string of the molecule is CCCCC(=O)N(CCNC(C)=O)Cc1ccc(-c2ccccc2)c(-c2nn[nH]n2)c1. The first-order valence-electron chi connectivity index (χ1n) is 10.5. The number of carbonyl (C=O) groups excluding carboxylic acids is 2. The molecule has 0 saturated heterocycles. The van der Waals surface area contributed by atoms with Crippen molar-refractivity contribution in [3.05, 3.63) is 54.1 Å². The van der Waals surface area contributed by atoms with E-state index in [0.717, 1.165) is 35.1 Å². The highest BCUT2D eigenvalue weighted by Gasteiger charge is 2.17. The number of hydrogen-bond donors (Lipinski definition) is 2. The molecule has 3 aromatic rings. The Bertz CT molecular complexity index is 989. The van der Waals surface area contributed by atoms with E-state index in [4.69, 9.17) is 0 Å². The normalized spacial score (nSPS) is 10.6. The van der Waals surface area contributed by atoms with Crippen molar-refractivity contribution in [2.45, 2.75) is 39.7 Å². The molecule has 8 nitrogen and oxygen atoms in total. The number of tetrazole rings is 1. The molecular formula is C23H28N6O2. The van der Waals surface area contributed by atoms with Gasteiger partial charge in [-0.15, -0.1) is 10.2 Å². The largest absolute Gasteiger partial charge is 0.355 e. The molecule has 1 aromatic heterocycles. The summed E-state index contributed by atoms with van der Waals surface area (Å²) in [5.74, 6) is 0.482. The second-order valence-electron chi connectivity index (χ2n) is 7.38. The van der Waals surface area contributed by atoms with Crippen LogP contribution in [0.3, 0.4) is 0 Å². The monoisotopic (exact) mass is 420 g/mol. The second-order valence-corrected chi connectivity index (χ2v) is 7.38. The third-order valence-corrected chi connectivity index (χ3v) is 4.98. The lowest BCUT2D eigenvalue weighted by atomic mass is 9.97. The molecule has 0 atom stereocenters. The van der Waals surface area contributed by atoms with Crippen LogP contribution in [0.15, 0.2) is 48.5 Å². The Hall–Kier alpha value is -3.55. The minimum absolute atomic E-state index is 0.0837. The Labute approximate surface area is 182 Å². The maximum absolute atomic E-state index is 12.8. The maximum Gasteiger partial charge on any atom is 0.222 e. The van der Waals surface area contributed by atoms with Gasteiger partial charge in [-0.1, -0.05) is 55.8 Å². The molecule has 0 spiro atoms. The Morgan fingerprint density at radius 3 is 2.58 bits per heavy atom. The van der Waals surface area contributed by atoms with Crippen LogP contribution in [0.2, 0.25) is 0 Å². The quantitative estimate of drug-likeness (QED) is 0.524. The fraction of sp³-hybridized carbons (Fsp3) is 0.348. The lowest BCUT2D eigenvalue weighted by Crippen LogP contribution is -2.37. The highest BCUT2D eigenvalue weighted by molar-refractivity contribution is 5.81. The third-order valence-electron chi connectivity index (χ3n) is 4.98. The summed E-state index contributed by atoms with van der Waals surface area (Å²) in [5.41, 5.74) is 3.86. The topological polar surface area (TPSA) is 104 Å². The van der Waals surface area contributed by atoms with Gasteiger partial charge in [-0.2, -0.15) is 5.21 Å². The molecule has 0 unspecified atom stereocenters. The summed E-state index contributed by atoms with van der Waals surface area (Å²) in [6.45, 7) is 4.87. The maximum atomic E-state index is 12.8. The molecule has 0 aliphatic heterocycles. The number of amides is 2. The van der Waals surface area contributed by atoms with Crippen LogP contribution in [0.25, 0.3) is 22.5 Å². The summed E-state index contributed by atoms with van der Waals surface area (Å²) in [4.78, 5) is 25.8. The molecule has 2 aromatic carbocycles. The number of H-pyrrole nitrogens is 1. The number of nitrogens with one attached hydrogen (secondary N) is 2. The van der Waals surface area contributed by atoms with E-state index in [1.54, 1.807) is 4.90 Å². The summed E-state index contributed by atoms with van der Waals surface area (Å²) >= 11 is 0. The first-order valence-corrected chi connectivity index (χ1v) is 10.5. The predicted molar refractivity (Wildman–Crippen MR) is 119 cm³/mol. The average Bonchev–Trinajstić information content (AvgIpc) is 3.32. The van der Waals surface area contributed by atoms with Crippen molar-refractivity contribution in [3.63, 3.8) is 0 Å². The van der Waals surface area contributed by atoms with Gasteiger partial charge in [0.2, 0.25) is 17.6 Å². The van der Waals surface area contributed by atoms with Gasteiger partial charge in [0.1, 0.15) is 0 Å². The summed E-state index contributed by atoms with van der Waals surface area (Å²) in [6.07, 6.45) is 2.30. The minimum Gasteiger partial charge on any atom is -0.355 e. The van der Waals surface area contributed by atoms with E-state index < -0.39 is 0 Å². The van der Waals surface area contributed by atoms with Gasteiger partial charge in [0.05, 0.1) is 0 Å². The number of aromatic amines is 1. The molecule has 0 radical (unpaired) electrons. The van der Waals surface area contributed by atoms with Crippen molar-refractivity contribution in [2.24, 2.45) is 0 Å². The van der Waals surface area contributed by atoms with Gasteiger partial charge in [-0.3, -0.25) is 9.59 Å². The number of carbonyl (C=O) groups is 2. The second kappa shape index (κ2) is 11.0. The Morgan fingerprint density at radius 1 is 1.10 bits per heavy atom. The molecular weight excluding hydrogens is 392 g/mol. The highest BCUT2D eigenvalue weighted by atomic mass is 16.2. The molecule has 0 fully saturated rings. The summed E-state index contributed by atoms with van der Waals surface area (Å²) in [7, 11) is 0. The minimum atomic E-state index is -0.104. The Balaban J connectivity index is 1.88. The molecule has 8 heteroatoms. The van der Waals surface area contributed by atoms with E-state index in [1.807, 2.05) is 48.5 Å². The Kier molecular flexibility index (Phi) is 7.86. The fourth-order valence-corrected chi connectivity index (χ4v) is 3.39. The van der Waals surface area contributed by atoms with E-state index >= 15 is 0 Å². The lowest BCUT2D eigenvalue weighted by Gasteiger charge is -2.23. The van der Waals surface area contributed by atoms with E-state index in [1.165, 1.54) is 6.92 Å². The molecule has 0 bridgehead atoms. The van der Waals surface area contributed by atoms with Gasteiger partial charge in [0.15, 0.2) is 0 Å². The number of nitrogens with zero attached hydrogens (tertiary/aromatic N) is 4. The molecule has 0 aliphatic rings. The molecule has 162 valence electrons. The zero-order valence-electron chi connectivity index (χ0n) is 18.0. The van der Waals surface area contributed by atoms with Crippen LogP contribution >= 0.6 is 0 Å². The summed E-state index contributed by atoms with van der Waals surface area (Å²) in [5, 5.41) is 17.3. The highest BCUT2D eigenvalue weighted by Crippen LogP contribution is 2.31. The van der Waals surface area contributed by atoms with Crippen molar-refractivity contribution >= 4 is 11.8 Å². The van der Waals surface area contributed by atoms with Gasteiger partial charge in [0.25, 0.3) is 0 Å². The number of benzene rings is 2. The molecule has 0 saturated carbocycles. The van der Waals surface area contributed by atoms with Gasteiger partial charge in [0, 0.05) is 38.5 Å². The van der Waals surface area contributed by atoms with Crippen molar-refractivity contribution in [1.29, 1.82) is 0 Å². The molecule has 0 aliphatic carbocycles. The van der Waals surface area contributed by atoms with Crippen LogP contribution < -0.4 is 5.32 Å². The van der Waals surface area contributed by atoms with Gasteiger partial charge >= 0.3 is 0 Å². The average molecular weight is 421 g/mol. The fourth-order valence-electron chi connectivity index (χ4n) is 3.39. The smallest absolute Gasteiger partial charge is 0.222 e. The number of aromatic nitrogens is 4. The zero-order valence-corrected chi connectivity index (χ0v) is 18.0. The number of hydrogen-bond acceptors (Lipinski definition) is 5. The van der Waals surface area contributed by atoms with Crippen LogP contribution in [-0.2, 0) is 16.1 Å². The van der Waals surface area contributed by atoms with Crippen molar-refractivity contribution < 1.29 is 9.59 Å². The zero-order chi connectivity index (χ0) is 22.1. The van der Waals surface area contributed by atoms with Crippen LogP contribution in [-0.4, -0.2) is 50.4 Å². The van der Waals surface area contributed by atoms with Gasteiger partial charge < -0.3 is 10.2 Å². The molecule has 2 N–H and O–H groups in total. The predicted octanol–water partition coefficient (Wildman–Crippen LogP) is 3.19. The molecule has 2 amide bonds. The third kappa shape index (κ3) is 6.21. The number of rotatable bonds is 10. The van der Waals surface area contributed by atoms with Crippen molar-refractivity contribution in [3.8, 4) is 22.5 Å². The van der Waals surface area contributed by atoms with E-state index in [2.05, 4.69) is 32.9 Å². The van der Waals surface area contributed by atoms with Crippen LogP contribution in [0.1, 0.15) is 38.7 Å². The summed E-state index contributed by atoms with van der Waals surface area (Å²) in [6, 6.07) is 16.1. The molecule has 31 heavy (non-hydrogen) atoms. The van der Waals surface area contributed by atoms with Crippen molar-refractivity contribution in [2.75, 3.05) is 13.1 Å². The first kappa shape index (κ1) is 22.1. The van der Waals surface area contributed by atoms with E-state index in [0.29, 0.717) is 31.9 Å². The van der Waals surface area contributed by atoms with Gasteiger partial charge in [-0.25, -0.2) is 0 Å². The number of unbranched alkanes of at least 4 members (excludes halogenated alkanes) is 1. The molecule has 3 rings (SSSR count). The van der Waals surface area contributed by atoms with Crippen LogP contribution in [0, 0.1) is 0 Å². The van der Waals surface area contributed by atoms with E-state index in [-0.39, 0.29) is 11.8 Å². The van der Waals surface area contributed by atoms with Crippen LogP contribution in [0.4, 0.5) is 0 Å². The molecule has 1 heterocycles. The van der Waals surface area contributed by atoms with Crippen LogP contribution in [0.5, 0.6) is 0 Å². The summed E-state index contributed by atoms with van der Waals surface area (Å²) < 4.78 is 0. The lowest BCUT2D eigenvalue weighted by molar-refractivity contribution is -0.132. The van der Waals surface area contributed by atoms with Gasteiger partial charge in [-0.05, 0) is 34.4 Å². The van der Waals surface area contributed by atoms with E-state index in [9.17, 15) is 9.59 Å². The Morgan fingerprint density at radius 2 is 1.90 bits per heavy atom.